The first kappa shape index (κ1) is 17.9. The molecule has 0 radical (unpaired) electrons. The van der Waals surface area contributed by atoms with E-state index in [9.17, 15) is 15.0 Å². The lowest BCUT2D eigenvalue weighted by atomic mass is 9.97. The quantitative estimate of drug-likeness (QED) is 0.606. The van der Waals surface area contributed by atoms with Crippen molar-refractivity contribution in [2.24, 2.45) is 0 Å². The number of aryl methyl sites for hydroxylation is 2. The Bertz CT molecular complexity index is 972. The van der Waals surface area contributed by atoms with Crippen molar-refractivity contribution in [2.75, 3.05) is 11.9 Å². The highest BCUT2D eigenvalue weighted by atomic mass is 32.1. The summed E-state index contributed by atoms with van der Waals surface area (Å²) in [6.07, 6.45) is 4.85. The van der Waals surface area contributed by atoms with Gasteiger partial charge in [0.15, 0.2) is 0 Å². The molecule has 1 aromatic carbocycles. The van der Waals surface area contributed by atoms with Crippen molar-refractivity contribution in [1.82, 2.24) is 9.97 Å². The molecule has 0 unspecified atom stereocenters. The zero-order valence-electron chi connectivity index (χ0n) is 14.8. The van der Waals surface area contributed by atoms with Gasteiger partial charge in [0.1, 0.15) is 22.5 Å². The van der Waals surface area contributed by atoms with Gasteiger partial charge in [-0.25, -0.2) is 14.8 Å². The van der Waals surface area contributed by atoms with Gasteiger partial charge < -0.3 is 15.5 Å². The third kappa shape index (κ3) is 3.65. The highest BCUT2D eigenvalue weighted by Crippen LogP contribution is 2.39. The van der Waals surface area contributed by atoms with E-state index in [0.29, 0.717) is 18.1 Å². The fourth-order valence-corrected chi connectivity index (χ4v) is 4.79. The Morgan fingerprint density at radius 3 is 2.70 bits per heavy atom. The predicted octanol–water partition coefficient (Wildman–Crippen LogP) is 3.02. The van der Waals surface area contributed by atoms with Gasteiger partial charge in [0.05, 0.1) is 12.0 Å². The number of hydrogen-bond acceptors (Lipinski definition) is 6. The summed E-state index contributed by atoms with van der Waals surface area (Å²) >= 11 is 1.68. The zero-order valence-corrected chi connectivity index (χ0v) is 15.6. The van der Waals surface area contributed by atoms with Crippen LogP contribution in [0, 0.1) is 0 Å². The minimum Gasteiger partial charge on any atom is -0.480 e. The van der Waals surface area contributed by atoms with Crippen LogP contribution in [0.3, 0.4) is 0 Å². The van der Waals surface area contributed by atoms with E-state index in [-0.39, 0.29) is 0 Å². The molecular weight excluding hydrogens is 362 g/mol. The second kappa shape index (κ2) is 7.62. The molecular formula is C20H21N3O3S. The van der Waals surface area contributed by atoms with Gasteiger partial charge in [-0.1, -0.05) is 30.3 Å². The lowest BCUT2D eigenvalue weighted by Gasteiger charge is -2.16. The number of aliphatic carboxylic acids is 1. The molecule has 3 N–H and O–H groups in total. The Balaban J connectivity index is 1.80. The van der Waals surface area contributed by atoms with Crippen LogP contribution in [0.15, 0.2) is 30.3 Å². The van der Waals surface area contributed by atoms with Crippen molar-refractivity contribution < 1.29 is 15.0 Å². The maximum atomic E-state index is 11.4. The molecule has 0 saturated carbocycles. The van der Waals surface area contributed by atoms with Gasteiger partial charge >= 0.3 is 5.97 Å². The summed E-state index contributed by atoms with van der Waals surface area (Å²) in [4.78, 5) is 23.1. The Morgan fingerprint density at radius 2 is 1.96 bits per heavy atom. The summed E-state index contributed by atoms with van der Waals surface area (Å²) in [5, 5.41) is 22.6. The van der Waals surface area contributed by atoms with E-state index in [4.69, 9.17) is 4.98 Å². The molecule has 3 aromatic rings. The molecule has 0 aliphatic heterocycles. The molecule has 0 saturated heterocycles. The second-order valence-electron chi connectivity index (χ2n) is 6.76. The maximum Gasteiger partial charge on any atom is 0.328 e. The largest absolute Gasteiger partial charge is 0.480 e. The number of carboxylic acid groups (broad SMARTS) is 1. The number of carboxylic acids is 1. The molecule has 2 aromatic heterocycles. The number of aromatic nitrogens is 2. The average molecular weight is 383 g/mol. The third-order valence-electron chi connectivity index (χ3n) is 4.86. The molecule has 4 rings (SSSR count). The van der Waals surface area contributed by atoms with Gasteiger partial charge in [-0.05, 0) is 36.8 Å². The monoisotopic (exact) mass is 383 g/mol. The van der Waals surface area contributed by atoms with Gasteiger partial charge in [0.2, 0.25) is 0 Å². The number of benzene rings is 1. The van der Waals surface area contributed by atoms with Crippen molar-refractivity contribution in [3.05, 3.63) is 52.2 Å². The number of hydrogen-bond donors (Lipinski definition) is 3. The number of rotatable bonds is 6. The summed E-state index contributed by atoms with van der Waals surface area (Å²) in [5.41, 5.74) is 2.33. The maximum absolute atomic E-state index is 11.4. The van der Waals surface area contributed by atoms with Crippen molar-refractivity contribution >= 4 is 33.3 Å². The molecule has 0 amide bonds. The molecule has 0 fully saturated rings. The minimum atomic E-state index is -1.10. The second-order valence-corrected chi connectivity index (χ2v) is 7.84. The summed E-state index contributed by atoms with van der Waals surface area (Å²) in [7, 11) is 0. The fourth-order valence-electron chi connectivity index (χ4n) is 3.51. The van der Waals surface area contributed by atoms with Crippen LogP contribution in [0.25, 0.3) is 10.2 Å². The van der Waals surface area contributed by atoms with E-state index in [0.717, 1.165) is 35.0 Å². The Morgan fingerprint density at radius 1 is 1.19 bits per heavy atom. The number of fused-ring (bicyclic) bond motifs is 3. The van der Waals surface area contributed by atoms with Crippen LogP contribution >= 0.6 is 11.3 Å². The summed E-state index contributed by atoms with van der Waals surface area (Å²) in [5.74, 6) is 0.0709. The van der Waals surface area contributed by atoms with Gasteiger partial charge in [-0.15, -0.1) is 11.3 Å². The van der Waals surface area contributed by atoms with E-state index in [1.165, 1.54) is 16.9 Å². The van der Waals surface area contributed by atoms with E-state index in [1.54, 1.807) is 11.3 Å². The molecule has 0 spiro atoms. The number of aliphatic hydroxyl groups excluding tert-OH is 1. The van der Waals surface area contributed by atoms with Crippen molar-refractivity contribution in [3.8, 4) is 0 Å². The summed E-state index contributed by atoms with van der Waals surface area (Å²) in [6.45, 7) is -0.499. The smallest absolute Gasteiger partial charge is 0.328 e. The number of nitrogens with one attached hydrogen (secondary N) is 1. The highest BCUT2D eigenvalue weighted by molar-refractivity contribution is 7.19. The summed E-state index contributed by atoms with van der Waals surface area (Å²) in [6, 6.07) is 8.87. The lowest BCUT2D eigenvalue weighted by molar-refractivity contribution is -0.138. The molecule has 1 aliphatic carbocycles. The average Bonchev–Trinajstić information content (AvgIpc) is 3.05. The van der Waals surface area contributed by atoms with Crippen LogP contribution < -0.4 is 5.32 Å². The van der Waals surface area contributed by atoms with Crippen LogP contribution in [0.5, 0.6) is 0 Å². The first-order valence-corrected chi connectivity index (χ1v) is 9.92. The molecule has 6 nitrogen and oxygen atoms in total. The standard InChI is InChI=1S/C20H21N3O3S/c24-11-14(20(25)26)21-18-17-13-8-4-5-9-15(13)27-19(17)23-16(22-18)10-12-6-2-1-3-7-12/h1-3,6-7,14,24H,4-5,8-11H2,(H,25,26)(H,21,22,23)/t14-/m0/s1. The normalized spacial score (nSPS) is 14.7. The molecule has 2 heterocycles. The van der Waals surface area contributed by atoms with Gasteiger partial charge in [-0.3, -0.25) is 0 Å². The van der Waals surface area contributed by atoms with Gasteiger partial charge in [0.25, 0.3) is 0 Å². The first-order chi connectivity index (χ1) is 13.2. The van der Waals surface area contributed by atoms with E-state index >= 15 is 0 Å². The van der Waals surface area contributed by atoms with E-state index in [1.807, 2.05) is 30.3 Å². The Labute approximate surface area is 160 Å². The number of carbonyl (C=O) groups is 1. The number of anilines is 1. The predicted molar refractivity (Wildman–Crippen MR) is 105 cm³/mol. The number of nitrogens with zero attached hydrogens (tertiary/aromatic N) is 2. The van der Waals surface area contributed by atoms with Crippen LogP contribution in [0.1, 0.15) is 34.7 Å². The van der Waals surface area contributed by atoms with E-state index in [2.05, 4.69) is 10.3 Å². The lowest BCUT2D eigenvalue weighted by Crippen LogP contribution is -2.33. The highest BCUT2D eigenvalue weighted by Gasteiger charge is 2.24. The molecule has 1 aliphatic rings. The Kier molecular flexibility index (Phi) is 5.05. The van der Waals surface area contributed by atoms with Crippen LogP contribution in [-0.4, -0.2) is 38.8 Å². The van der Waals surface area contributed by atoms with Gasteiger partial charge in [0, 0.05) is 11.3 Å². The van der Waals surface area contributed by atoms with Crippen LogP contribution in [0.4, 0.5) is 5.82 Å². The molecule has 7 heteroatoms. The topological polar surface area (TPSA) is 95.3 Å². The van der Waals surface area contributed by atoms with Crippen LogP contribution in [0.2, 0.25) is 0 Å². The molecule has 140 valence electrons. The molecule has 0 bridgehead atoms. The van der Waals surface area contributed by atoms with Crippen molar-refractivity contribution in [3.63, 3.8) is 0 Å². The first-order valence-electron chi connectivity index (χ1n) is 9.11. The fraction of sp³-hybridized carbons (Fsp3) is 0.350. The van der Waals surface area contributed by atoms with Gasteiger partial charge in [-0.2, -0.15) is 0 Å². The van der Waals surface area contributed by atoms with Crippen LogP contribution in [-0.2, 0) is 24.1 Å². The SMILES string of the molecule is O=C(O)[C@H](CO)Nc1nc(Cc2ccccc2)nc2sc3c(c12)CCCC3. The van der Waals surface area contributed by atoms with Crippen molar-refractivity contribution in [1.29, 1.82) is 0 Å². The van der Waals surface area contributed by atoms with Crippen molar-refractivity contribution in [2.45, 2.75) is 38.1 Å². The minimum absolute atomic E-state index is 0.499. The van der Waals surface area contributed by atoms with E-state index < -0.39 is 18.6 Å². The number of aliphatic hydroxyl groups is 1. The molecule has 1 atom stereocenters. The summed E-state index contributed by atoms with van der Waals surface area (Å²) < 4.78 is 0. The Hall–Kier alpha value is -2.51. The number of thiophene rings is 1. The molecule has 27 heavy (non-hydrogen) atoms. The third-order valence-corrected chi connectivity index (χ3v) is 6.04. The zero-order chi connectivity index (χ0) is 18.8.